The van der Waals surface area contributed by atoms with Crippen LogP contribution in [-0.4, -0.2) is 140 Å². The number of aliphatic hydroxyl groups excluding tert-OH is 8. The molecule has 2 fully saturated rings. The first-order valence-electron chi connectivity index (χ1n) is 21.7. The van der Waals surface area contributed by atoms with Crippen LogP contribution in [0.1, 0.15) is 110 Å². The molecule has 14 heteroatoms. The maximum atomic E-state index is 13.1. The summed E-state index contributed by atoms with van der Waals surface area (Å²) in [4.78, 5) is 13.1. The molecule has 338 valence electrons. The van der Waals surface area contributed by atoms with Gasteiger partial charge in [-0.15, -0.1) is 0 Å². The van der Waals surface area contributed by atoms with E-state index in [0.717, 1.165) is 77.0 Å². The molecule has 0 saturated carbocycles. The monoisotopic (exact) mass is 838 g/mol. The van der Waals surface area contributed by atoms with Gasteiger partial charge in [-0.25, -0.2) is 0 Å². The summed E-state index contributed by atoms with van der Waals surface area (Å²) in [6.07, 6.45) is 21.1. The third kappa shape index (κ3) is 20.7. The van der Waals surface area contributed by atoms with Gasteiger partial charge in [0, 0.05) is 6.42 Å². The van der Waals surface area contributed by atoms with Crippen molar-refractivity contribution in [1.29, 1.82) is 0 Å². The normalized spacial score (nSPS) is 29.3. The van der Waals surface area contributed by atoms with Gasteiger partial charge in [-0.3, -0.25) is 4.79 Å². The Labute approximate surface area is 351 Å². The first kappa shape index (κ1) is 52.6. The van der Waals surface area contributed by atoms with Gasteiger partial charge >= 0.3 is 0 Å². The van der Waals surface area contributed by atoms with E-state index in [2.05, 4.69) is 79.9 Å². The van der Waals surface area contributed by atoms with Crippen LogP contribution in [0.2, 0.25) is 0 Å². The number of ether oxygens (including phenoxy) is 4. The summed E-state index contributed by atoms with van der Waals surface area (Å²) in [5.41, 5.74) is 0. The molecule has 0 aromatic heterocycles. The third-order valence-electron chi connectivity index (χ3n) is 10.1. The molecule has 9 N–H and O–H groups in total. The van der Waals surface area contributed by atoms with Gasteiger partial charge in [-0.2, -0.15) is 0 Å². The molecule has 12 unspecified atom stereocenters. The zero-order chi connectivity index (χ0) is 43.3. The minimum atomic E-state index is -1.79. The molecule has 12 atom stereocenters. The van der Waals surface area contributed by atoms with Gasteiger partial charge in [0.05, 0.1) is 32.0 Å². The fourth-order valence-corrected chi connectivity index (χ4v) is 6.58. The Morgan fingerprint density at radius 2 is 1.14 bits per heavy atom. The smallest absolute Gasteiger partial charge is 0.220 e. The summed E-state index contributed by atoms with van der Waals surface area (Å²) in [5.74, 6) is -0.279. The molecule has 0 spiro atoms. The number of hydrogen-bond donors (Lipinski definition) is 9. The van der Waals surface area contributed by atoms with Crippen molar-refractivity contribution in [2.45, 2.75) is 184 Å². The van der Waals surface area contributed by atoms with E-state index < -0.39 is 86.8 Å². The highest BCUT2D eigenvalue weighted by atomic mass is 16.7. The summed E-state index contributed by atoms with van der Waals surface area (Å²) >= 11 is 0. The van der Waals surface area contributed by atoms with Crippen molar-refractivity contribution in [3.8, 4) is 0 Å². The van der Waals surface area contributed by atoms with Gasteiger partial charge in [-0.05, 0) is 70.6 Å². The highest BCUT2D eigenvalue weighted by molar-refractivity contribution is 5.76. The average molecular weight is 838 g/mol. The molecule has 59 heavy (non-hydrogen) atoms. The molecular formula is C45H75NO13. The molecule has 2 saturated heterocycles. The number of amides is 1. The van der Waals surface area contributed by atoms with Crippen LogP contribution >= 0.6 is 0 Å². The van der Waals surface area contributed by atoms with Crippen molar-refractivity contribution in [1.82, 2.24) is 5.32 Å². The Morgan fingerprint density at radius 1 is 0.610 bits per heavy atom. The molecule has 0 bridgehead atoms. The largest absolute Gasteiger partial charge is 0.394 e. The quantitative estimate of drug-likeness (QED) is 0.0372. The van der Waals surface area contributed by atoms with Crippen molar-refractivity contribution < 1.29 is 64.6 Å². The van der Waals surface area contributed by atoms with Crippen molar-refractivity contribution in [3.05, 3.63) is 72.9 Å². The predicted octanol–water partition coefficient (Wildman–Crippen LogP) is 3.70. The Morgan fingerprint density at radius 3 is 1.80 bits per heavy atom. The van der Waals surface area contributed by atoms with Crippen LogP contribution in [-0.2, 0) is 23.7 Å². The summed E-state index contributed by atoms with van der Waals surface area (Å²) in [6.45, 7) is 2.46. The van der Waals surface area contributed by atoms with Gasteiger partial charge in [0.2, 0.25) is 5.91 Å². The van der Waals surface area contributed by atoms with Gasteiger partial charge in [0.25, 0.3) is 0 Å². The van der Waals surface area contributed by atoms with Gasteiger partial charge in [0.15, 0.2) is 12.6 Å². The Balaban J connectivity index is 1.93. The number of carbonyl (C=O) groups is 1. The topological polar surface area (TPSA) is 228 Å². The maximum absolute atomic E-state index is 13.1. The van der Waals surface area contributed by atoms with Gasteiger partial charge in [-0.1, -0.05) is 106 Å². The molecule has 1 amide bonds. The van der Waals surface area contributed by atoms with Crippen molar-refractivity contribution in [3.63, 3.8) is 0 Å². The van der Waals surface area contributed by atoms with E-state index in [9.17, 15) is 45.6 Å². The molecule has 2 rings (SSSR count). The molecular weight excluding hydrogens is 762 g/mol. The molecule has 0 aromatic rings. The van der Waals surface area contributed by atoms with Crippen molar-refractivity contribution in [2.75, 3.05) is 19.8 Å². The molecule has 0 aromatic carbocycles. The van der Waals surface area contributed by atoms with Crippen LogP contribution in [0.5, 0.6) is 0 Å². The number of carbonyl (C=O) groups excluding carboxylic acids is 1. The maximum Gasteiger partial charge on any atom is 0.220 e. The van der Waals surface area contributed by atoms with Crippen molar-refractivity contribution >= 4 is 5.91 Å². The second-order valence-corrected chi connectivity index (χ2v) is 15.0. The number of hydrogen-bond acceptors (Lipinski definition) is 13. The van der Waals surface area contributed by atoms with E-state index in [1.54, 1.807) is 6.08 Å². The molecule has 14 nitrogen and oxygen atoms in total. The third-order valence-corrected chi connectivity index (χ3v) is 10.1. The highest BCUT2D eigenvalue weighted by Gasteiger charge is 2.50. The lowest BCUT2D eigenvalue weighted by Crippen LogP contribution is -2.65. The minimum absolute atomic E-state index is 0.246. The zero-order valence-corrected chi connectivity index (χ0v) is 35.2. The van der Waals surface area contributed by atoms with Crippen molar-refractivity contribution in [2.24, 2.45) is 0 Å². The van der Waals surface area contributed by atoms with Crippen LogP contribution in [0.15, 0.2) is 72.9 Å². The number of aliphatic hydroxyl groups is 8. The van der Waals surface area contributed by atoms with E-state index >= 15 is 0 Å². The lowest BCUT2D eigenvalue weighted by molar-refractivity contribution is -0.359. The summed E-state index contributed by atoms with van der Waals surface area (Å²) in [6, 6.07) is -0.947. The van der Waals surface area contributed by atoms with E-state index in [1.807, 2.05) is 6.08 Å². The van der Waals surface area contributed by atoms with E-state index in [0.29, 0.717) is 12.8 Å². The fraction of sp³-hybridized carbons (Fsp3) is 0.711. The number of rotatable bonds is 30. The van der Waals surface area contributed by atoms with E-state index in [-0.39, 0.29) is 18.9 Å². The summed E-state index contributed by atoms with van der Waals surface area (Å²) in [5, 5.41) is 86.2. The van der Waals surface area contributed by atoms with Gasteiger partial charge < -0.3 is 65.1 Å². The summed E-state index contributed by atoms with van der Waals surface area (Å²) in [7, 11) is 0. The molecule has 2 heterocycles. The molecule has 0 radical (unpaired) electrons. The van der Waals surface area contributed by atoms with Crippen LogP contribution < -0.4 is 5.32 Å². The lowest BCUT2D eigenvalue weighted by Gasteiger charge is -2.46. The predicted molar refractivity (Wildman–Crippen MR) is 226 cm³/mol. The van der Waals surface area contributed by atoms with Crippen LogP contribution in [0.3, 0.4) is 0 Å². The Kier molecular flexibility index (Phi) is 28.7. The van der Waals surface area contributed by atoms with E-state index in [1.165, 1.54) is 0 Å². The van der Waals surface area contributed by atoms with Crippen LogP contribution in [0.25, 0.3) is 0 Å². The SMILES string of the molecule is CC/C=C\C/C=C\C/C=C\CCCCCCCC(=O)NC(COC1OC(CO)C(OC2OC(CO)C(O)C(O)C2O)C(O)C1O)C(O)/C=C/CC/C=C/CC/C=C/CC. The zero-order valence-electron chi connectivity index (χ0n) is 35.2. The highest BCUT2D eigenvalue weighted by Crippen LogP contribution is 2.29. The second kappa shape index (κ2) is 32.2. The minimum Gasteiger partial charge on any atom is -0.394 e. The summed E-state index contributed by atoms with van der Waals surface area (Å²) < 4.78 is 22.5. The molecule has 2 aliphatic rings. The first-order chi connectivity index (χ1) is 28.6. The molecule has 0 aliphatic carbocycles. The first-order valence-corrected chi connectivity index (χ1v) is 21.7. The second-order valence-electron chi connectivity index (χ2n) is 15.0. The number of nitrogens with one attached hydrogen (secondary N) is 1. The molecule has 2 aliphatic heterocycles. The number of unbranched alkanes of at least 4 members (excludes halogenated alkanes) is 7. The number of allylic oxidation sites excluding steroid dienone is 11. The Bertz CT molecular complexity index is 1270. The Hall–Kier alpha value is -2.57. The van der Waals surface area contributed by atoms with Crippen LogP contribution in [0, 0.1) is 0 Å². The average Bonchev–Trinajstić information content (AvgIpc) is 3.23. The fourth-order valence-electron chi connectivity index (χ4n) is 6.58. The van der Waals surface area contributed by atoms with Crippen LogP contribution in [0.4, 0.5) is 0 Å². The van der Waals surface area contributed by atoms with E-state index in [4.69, 9.17) is 18.9 Å². The standard InChI is InChI=1S/C45H75NO13/c1-3-5-7-9-11-13-15-16-17-18-19-21-23-25-27-29-37(50)46-33(34(49)28-26-24-22-20-14-12-10-8-6-4-2)32-56-44-42(55)40(53)43(36(31-48)58-44)59-45-41(54)39(52)38(51)35(30-47)57-45/h5-8,11,13-14,16-17,20,26,28,33-36,38-45,47-49,51-55H,3-4,9-10,12,15,18-19,21-25,27,29-32H2,1-2H3,(H,46,50)/b7-5-,8-6+,13-11-,17-16-,20-14+,28-26+. The lowest BCUT2D eigenvalue weighted by atomic mass is 9.97. The van der Waals surface area contributed by atoms with Gasteiger partial charge in [0.1, 0.15) is 48.8 Å².